The molecule has 0 unspecified atom stereocenters. The summed E-state index contributed by atoms with van der Waals surface area (Å²) in [4.78, 5) is 14.9. The summed E-state index contributed by atoms with van der Waals surface area (Å²) in [5.74, 6) is 0. The largest absolute Gasteiger partial charge is 0.335 e. The van der Waals surface area contributed by atoms with Crippen molar-refractivity contribution in [2.24, 2.45) is 0 Å². The molecule has 0 saturated heterocycles. The Kier molecular flexibility index (Phi) is 5.48. The van der Waals surface area contributed by atoms with E-state index >= 15 is 0 Å². The predicted molar refractivity (Wildman–Crippen MR) is 73.4 cm³/mol. The first-order valence-corrected chi connectivity index (χ1v) is 7.01. The minimum atomic E-state index is 0.0199. The van der Waals surface area contributed by atoms with Crippen molar-refractivity contribution in [1.29, 1.82) is 0 Å². The molecule has 17 heavy (non-hydrogen) atoms. The zero-order valence-corrected chi connectivity index (χ0v) is 11.9. The molecule has 1 aromatic rings. The van der Waals surface area contributed by atoms with Gasteiger partial charge in [-0.15, -0.1) is 11.3 Å². The lowest BCUT2D eigenvalue weighted by Crippen LogP contribution is -2.42. The monoisotopic (exact) mass is 254 g/mol. The molecule has 0 aliphatic rings. The lowest BCUT2D eigenvalue weighted by atomic mass is 10.2. The summed E-state index contributed by atoms with van der Waals surface area (Å²) >= 11 is 1.70. The maximum atomic E-state index is 11.9. The van der Waals surface area contributed by atoms with Crippen LogP contribution < -0.4 is 5.32 Å². The number of thiophene rings is 1. The molecule has 0 aliphatic carbocycles. The van der Waals surface area contributed by atoms with Crippen molar-refractivity contribution >= 4 is 17.4 Å². The molecule has 3 nitrogen and oxygen atoms in total. The summed E-state index contributed by atoms with van der Waals surface area (Å²) in [6.07, 6.45) is 1.96. The van der Waals surface area contributed by atoms with Gasteiger partial charge >= 0.3 is 6.03 Å². The SMILES string of the molecule is CCC(CC)NC(=O)N(C)Cc1sccc1C. The number of urea groups is 1. The van der Waals surface area contributed by atoms with Crippen molar-refractivity contribution in [3.63, 3.8) is 0 Å². The fraction of sp³-hybridized carbons (Fsp3) is 0.615. The first-order chi connectivity index (χ1) is 8.08. The van der Waals surface area contributed by atoms with Crippen LogP contribution in [0.15, 0.2) is 11.4 Å². The molecule has 2 amide bonds. The maximum Gasteiger partial charge on any atom is 0.317 e. The normalized spacial score (nSPS) is 10.6. The fourth-order valence-corrected chi connectivity index (χ4v) is 2.59. The van der Waals surface area contributed by atoms with Crippen molar-refractivity contribution < 1.29 is 4.79 Å². The Balaban J connectivity index is 2.50. The Morgan fingerprint density at radius 1 is 1.47 bits per heavy atom. The van der Waals surface area contributed by atoms with Crippen LogP contribution >= 0.6 is 11.3 Å². The third-order valence-corrected chi connectivity index (χ3v) is 4.02. The molecule has 0 spiro atoms. The molecule has 0 aliphatic heterocycles. The Labute approximate surface area is 108 Å². The fourth-order valence-electron chi connectivity index (χ4n) is 1.63. The van der Waals surface area contributed by atoms with E-state index in [-0.39, 0.29) is 12.1 Å². The highest BCUT2D eigenvalue weighted by atomic mass is 32.1. The van der Waals surface area contributed by atoms with Crippen molar-refractivity contribution in [2.45, 2.75) is 46.2 Å². The van der Waals surface area contributed by atoms with Crippen LogP contribution in [0.3, 0.4) is 0 Å². The van der Waals surface area contributed by atoms with E-state index in [1.165, 1.54) is 10.4 Å². The van der Waals surface area contributed by atoms with E-state index < -0.39 is 0 Å². The van der Waals surface area contributed by atoms with Crippen molar-refractivity contribution in [3.05, 3.63) is 21.9 Å². The summed E-state index contributed by atoms with van der Waals surface area (Å²) in [5.41, 5.74) is 1.26. The van der Waals surface area contributed by atoms with Gasteiger partial charge in [-0.3, -0.25) is 0 Å². The average molecular weight is 254 g/mol. The molecule has 0 atom stereocenters. The van der Waals surface area contributed by atoms with E-state index in [9.17, 15) is 4.79 Å². The molecule has 96 valence electrons. The van der Waals surface area contributed by atoms with Crippen LogP contribution in [0.4, 0.5) is 4.79 Å². The molecule has 0 bridgehead atoms. The third kappa shape index (κ3) is 4.04. The van der Waals surface area contributed by atoms with Crippen LogP contribution in [0.25, 0.3) is 0 Å². The second-order valence-electron chi connectivity index (χ2n) is 4.35. The van der Waals surface area contributed by atoms with Crippen molar-refractivity contribution in [1.82, 2.24) is 10.2 Å². The van der Waals surface area contributed by atoms with Crippen molar-refractivity contribution in [3.8, 4) is 0 Å². The Morgan fingerprint density at radius 3 is 2.59 bits per heavy atom. The van der Waals surface area contributed by atoms with Gasteiger partial charge in [0.15, 0.2) is 0 Å². The van der Waals surface area contributed by atoms with Crippen LogP contribution in [0.1, 0.15) is 37.1 Å². The van der Waals surface area contributed by atoms with Gasteiger partial charge < -0.3 is 10.2 Å². The Hall–Kier alpha value is -1.03. The lowest BCUT2D eigenvalue weighted by Gasteiger charge is -2.22. The number of nitrogens with zero attached hydrogens (tertiary/aromatic N) is 1. The molecule has 4 heteroatoms. The summed E-state index contributed by atoms with van der Waals surface area (Å²) in [6, 6.07) is 2.40. The Morgan fingerprint density at radius 2 is 2.12 bits per heavy atom. The van der Waals surface area contributed by atoms with Crippen LogP contribution in [0, 0.1) is 6.92 Å². The molecule has 0 radical (unpaired) electrons. The second kappa shape index (κ2) is 6.64. The van der Waals surface area contributed by atoms with E-state index in [2.05, 4.69) is 37.5 Å². The number of aryl methyl sites for hydroxylation is 1. The van der Waals surface area contributed by atoms with E-state index in [0.29, 0.717) is 6.54 Å². The second-order valence-corrected chi connectivity index (χ2v) is 5.35. The van der Waals surface area contributed by atoms with E-state index in [1.807, 2.05) is 7.05 Å². The maximum absolute atomic E-state index is 11.9. The highest BCUT2D eigenvalue weighted by Gasteiger charge is 2.13. The average Bonchev–Trinajstić information content (AvgIpc) is 2.71. The van der Waals surface area contributed by atoms with Gasteiger partial charge in [-0.05, 0) is 36.8 Å². The van der Waals surface area contributed by atoms with Crippen LogP contribution in [-0.2, 0) is 6.54 Å². The van der Waals surface area contributed by atoms with Gasteiger partial charge in [0.25, 0.3) is 0 Å². The summed E-state index contributed by atoms with van der Waals surface area (Å²) in [5, 5.41) is 5.11. The molecule has 1 heterocycles. The number of rotatable bonds is 5. The zero-order chi connectivity index (χ0) is 12.8. The van der Waals surface area contributed by atoms with Crippen molar-refractivity contribution in [2.75, 3.05) is 7.05 Å². The quantitative estimate of drug-likeness (QED) is 0.858. The van der Waals surface area contributed by atoms with E-state index in [4.69, 9.17) is 0 Å². The summed E-state index contributed by atoms with van der Waals surface area (Å²) in [6.45, 7) is 6.96. The smallest absolute Gasteiger partial charge is 0.317 e. The lowest BCUT2D eigenvalue weighted by molar-refractivity contribution is 0.202. The molecule has 0 aromatic carbocycles. The molecule has 1 rings (SSSR count). The van der Waals surface area contributed by atoms with Crippen LogP contribution in [0.5, 0.6) is 0 Å². The Bertz CT molecular complexity index is 358. The molecular weight excluding hydrogens is 232 g/mol. The van der Waals surface area contributed by atoms with E-state index in [0.717, 1.165) is 12.8 Å². The molecule has 1 N–H and O–H groups in total. The standard InChI is InChI=1S/C13H22N2OS/c1-5-11(6-2)14-13(16)15(4)9-12-10(3)7-8-17-12/h7-8,11H,5-6,9H2,1-4H3,(H,14,16). The number of carbonyl (C=O) groups excluding carboxylic acids is 1. The number of nitrogens with one attached hydrogen (secondary N) is 1. The van der Waals surface area contributed by atoms with Gasteiger partial charge in [-0.1, -0.05) is 13.8 Å². The summed E-state index contributed by atoms with van der Waals surface area (Å²) < 4.78 is 0. The van der Waals surface area contributed by atoms with Gasteiger partial charge in [0.1, 0.15) is 0 Å². The van der Waals surface area contributed by atoms with Gasteiger partial charge in [-0.25, -0.2) is 4.79 Å². The molecule has 1 aromatic heterocycles. The van der Waals surface area contributed by atoms with Gasteiger partial charge in [-0.2, -0.15) is 0 Å². The molecule has 0 fully saturated rings. The third-order valence-electron chi connectivity index (χ3n) is 3.01. The number of amides is 2. The highest BCUT2D eigenvalue weighted by Crippen LogP contribution is 2.17. The first-order valence-electron chi connectivity index (χ1n) is 6.13. The number of carbonyl (C=O) groups is 1. The molecular formula is C13H22N2OS. The first kappa shape index (κ1) is 14.0. The van der Waals surface area contributed by atoms with Gasteiger partial charge in [0, 0.05) is 18.0 Å². The topological polar surface area (TPSA) is 32.3 Å². The highest BCUT2D eigenvalue weighted by molar-refractivity contribution is 7.10. The molecule has 0 saturated carbocycles. The number of hydrogen-bond acceptors (Lipinski definition) is 2. The zero-order valence-electron chi connectivity index (χ0n) is 11.1. The van der Waals surface area contributed by atoms with E-state index in [1.54, 1.807) is 16.2 Å². The van der Waals surface area contributed by atoms with Crippen LogP contribution in [0.2, 0.25) is 0 Å². The van der Waals surface area contributed by atoms with Crippen LogP contribution in [-0.4, -0.2) is 24.0 Å². The van der Waals surface area contributed by atoms with Gasteiger partial charge in [0.05, 0.1) is 6.54 Å². The minimum absolute atomic E-state index is 0.0199. The summed E-state index contributed by atoms with van der Waals surface area (Å²) in [7, 11) is 1.84. The van der Waals surface area contributed by atoms with Gasteiger partial charge in [0.2, 0.25) is 0 Å². The predicted octanol–water partition coefficient (Wildman–Crippen LogP) is 3.39. The minimum Gasteiger partial charge on any atom is -0.335 e. The number of hydrogen-bond donors (Lipinski definition) is 1.